The SMILES string of the molecule is C[C@H]1C[C@@H](C(=O)Nc2ccc(C(F)(F)F)cc2Cl)n2c1c(N1CCN(C(=O)c3nccc(Cl)c3O)CC1)c(=O)n1nc(NCCO)nc21. The second kappa shape index (κ2) is 12.8. The van der Waals surface area contributed by atoms with Crippen molar-refractivity contribution in [3.63, 3.8) is 0 Å². The van der Waals surface area contributed by atoms with Crippen molar-refractivity contribution in [1.82, 2.24) is 29.0 Å². The molecule has 4 aromatic rings. The Balaban J connectivity index is 1.35. The summed E-state index contributed by atoms with van der Waals surface area (Å²) in [7, 11) is 0. The Morgan fingerprint density at radius 1 is 1.10 bits per heavy atom. The van der Waals surface area contributed by atoms with Crippen molar-refractivity contribution in [3.05, 3.63) is 67.8 Å². The minimum atomic E-state index is -4.62. The van der Waals surface area contributed by atoms with Crippen LogP contribution in [0.5, 0.6) is 5.75 Å². The number of nitrogens with zero attached hydrogens (tertiary/aromatic N) is 7. The third-order valence-corrected chi connectivity index (χ3v) is 8.89. The molecule has 254 valence electrons. The molecule has 2 atom stereocenters. The number of carbonyl (C=O) groups excluding carboxylic acids is 2. The minimum absolute atomic E-state index is 0.0160. The number of amides is 2. The van der Waals surface area contributed by atoms with Crippen molar-refractivity contribution in [2.45, 2.75) is 31.5 Å². The zero-order valence-electron chi connectivity index (χ0n) is 25.1. The summed E-state index contributed by atoms with van der Waals surface area (Å²) in [5.74, 6) is -1.86. The molecule has 0 radical (unpaired) electrons. The number of fused-ring (bicyclic) bond motifs is 3. The monoisotopic (exact) mass is 709 g/mol. The Morgan fingerprint density at radius 2 is 1.83 bits per heavy atom. The van der Waals surface area contributed by atoms with E-state index in [0.717, 1.165) is 22.7 Å². The molecule has 3 aromatic heterocycles. The second-order valence-corrected chi connectivity index (χ2v) is 12.1. The van der Waals surface area contributed by atoms with Crippen molar-refractivity contribution in [2.75, 3.05) is 54.9 Å². The number of carbonyl (C=O) groups is 2. The average molecular weight is 711 g/mol. The van der Waals surface area contributed by atoms with Gasteiger partial charge in [-0.2, -0.15) is 22.7 Å². The molecule has 0 unspecified atom stereocenters. The van der Waals surface area contributed by atoms with Crippen molar-refractivity contribution in [2.24, 2.45) is 0 Å². The van der Waals surface area contributed by atoms with Crippen LogP contribution in [0.3, 0.4) is 0 Å². The van der Waals surface area contributed by atoms with Crippen LogP contribution in [-0.4, -0.2) is 90.4 Å². The number of halogens is 5. The van der Waals surface area contributed by atoms with Crippen LogP contribution in [0, 0.1) is 0 Å². The molecule has 2 aliphatic heterocycles. The number of alkyl halides is 3. The standard InChI is InChI=1S/C29H28Cl2F3N9O5/c1-14-12-19(24(46)37-18-3-2-15(13-17(18)31)29(32,33)34)42-21(14)22(26(48)43-28(42)38-27(39-43)36-6-11-44)40-7-9-41(10-8-40)25(47)20-23(45)16(30)4-5-35-20/h2-5,13-14,19,44-45H,6-12H2,1H3,(H,36,39)(H,37,46)/t14-,19-/m0/s1. The van der Waals surface area contributed by atoms with Crippen molar-refractivity contribution < 1.29 is 33.0 Å². The van der Waals surface area contributed by atoms with E-state index in [0.29, 0.717) is 5.69 Å². The molecule has 0 aliphatic carbocycles. The summed E-state index contributed by atoms with van der Waals surface area (Å²) in [4.78, 5) is 52.6. The summed E-state index contributed by atoms with van der Waals surface area (Å²) in [6.07, 6.45) is -3.10. The Hall–Kier alpha value is -4.61. The molecule has 0 bridgehead atoms. The highest BCUT2D eigenvalue weighted by atomic mass is 35.5. The number of aliphatic hydroxyl groups excluding tert-OH is 1. The lowest BCUT2D eigenvalue weighted by molar-refractivity contribution is -0.137. The number of pyridine rings is 1. The third kappa shape index (κ3) is 5.97. The molecule has 2 amide bonds. The van der Waals surface area contributed by atoms with Gasteiger partial charge < -0.3 is 30.6 Å². The molecule has 19 heteroatoms. The van der Waals surface area contributed by atoms with E-state index >= 15 is 0 Å². The van der Waals surface area contributed by atoms with Gasteiger partial charge in [-0.25, -0.2) is 4.98 Å². The van der Waals surface area contributed by atoms with Crippen molar-refractivity contribution in [3.8, 4) is 5.75 Å². The van der Waals surface area contributed by atoms with Gasteiger partial charge in [-0.15, -0.1) is 5.10 Å². The lowest BCUT2D eigenvalue weighted by atomic mass is 10.0. The van der Waals surface area contributed by atoms with Gasteiger partial charge in [0.2, 0.25) is 17.6 Å². The lowest BCUT2D eigenvalue weighted by Gasteiger charge is -2.36. The predicted octanol–water partition coefficient (Wildman–Crippen LogP) is 3.37. The molecule has 1 saturated heterocycles. The highest BCUT2D eigenvalue weighted by Gasteiger charge is 2.41. The van der Waals surface area contributed by atoms with Gasteiger partial charge in [-0.05, 0) is 30.7 Å². The third-order valence-electron chi connectivity index (χ3n) is 8.27. The first-order valence-electron chi connectivity index (χ1n) is 14.7. The van der Waals surface area contributed by atoms with Gasteiger partial charge in [0.15, 0.2) is 11.4 Å². The number of aromatic nitrogens is 5. The van der Waals surface area contributed by atoms with Crippen LogP contribution in [-0.2, 0) is 11.0 Å². The van der Waals surface area contributed by atoms with E-state index in [4.69, 9.17) is 23.2 Å². The van der Waals surface area contributed by atoms with Gasteiger partial charge in [0.1, 0.15) is 11.7 Å². The largest absolute Gasteiger partial charge is 0.504 e. The predicted molar refractivity (Wildman–Crippen MR) is 169 cm³/mol. The summed E-state index contributed by atoms with van der Waals surface area (Å²) in [6.45, 7) is 2.41. The van der Waals surface area contributed by atoms with Gasteiger partial charge in [0, 0.05) is 44.8 Å². The molecular formula is C29H28Cl2F3N9O5. The Kier molecular flexibility index (Phi) is 8.86. The van der Waals surface area contributed by atoms with Crippen LogP contribution in [0.4, 0.5) is 30.5 Å². The lowest BCUT2D eigenvalue weighted by Crippen LogP contribution is -2.51. The highest BCUT2D eigenvalue weighted by Crippen LogP contribution is 2.42. The van der Waals surface area contributed by atoms with E-state index in [-0.39, 0.29) is 90.5 Å². The first kappa shape index (κ1) is 33.3. The molecule has 2 aliphatic rings. The molecular weight excluding hydrogens is 682 g/mol. The number of benzene rings is 1. The smallest absolute Gasteiger partial charge is 0.416 e. The molecule has 4 N–H and O–H groups in total. The van der Waals surface area contributed by atoms with Crippen LogP contribution < -0.4 is 21.1 Å². The fourth-order valence-electron chi connectivity index (χ4n) is 6.00. The maximum atomic E-state index is 14.0. The van der Waals surface area contributed by atoms with Crippen LogP contribution in [0.2, 0.25) is 10.0 Å². The maximum absolute atomic E-state index is 14.0. The summed E-state index contributed by atoms with van der Waals surface area (Å²) in [6, 6.07) is 3.00. The highest BCUT2D eigenvalue weighted by molar-refractivity contribution is 6.34. The Labute approximate surface area is 279 Å². The molecule has 0 saturated carbocycles. The zero-order valence-corrected chi connectivity index (χ0v) is 26.6. The number of aliphatic hydroxyl groups is 1. The Bertz CT molecular complexity index is 1980. The van der Waals surface area contributed by atoms with E-state index in [1.807, 2.05) is 6.92 Å². The second-order valence-electron chi connectivity index (χ2n) is 11.3. The molecule has 14 nitrogen and oxygen atoms in total. The topological polar surface area (TPSA) is 170 Å². The van der Waals surface area contributed by atoms with Crippen LogP contribution in [0.15, 0.2) is 35.3 Å². The van der Waals surface area contributed by atoms with Crippen molar-refractivity contribution in [1.29, 1.82) is 0 Å². The normalized spacial score (nSPS) is 17.9. The summed E-state index contributed by atoms with van der Waals surface area (Å²) in [5.41, 5.74) is -0.981. The fraction of sp³-hybridized carbons (Fsp3) is 0.379. The number of anilines is 3. The molecule has 6 rings (SSSR count). The number of hydrogen-bond donors (Lipinski definition) is 4. The summed E-state index contributed by atoms with van der Waals surface area (Å²) in [5, 5.41) is 28.9. The summed E-state index contributed by atoms with van der Waals surface area (Å²) >= 11 is 12.1. The van der Waals surface area contributed by atoms with Gasteiger partial charge in [-0.3, -0.25) is 19.0 Å². The number of aromatic hydroxyl groups is 1. The Morgan fingerprint density at radius 3 is 2.50 bits per heavy atom. The molecule has 0 spiro atoms. The van der Waals surface area contributed by atoms with E-state index in [9.17, 15) is 37.8 Å². The zero-order chi connectivity index (χ0) is 34.5. The first-order valence-corrected chi connectivity index (χ1v) is 15.5. The number of piperazine rings is 1. The van der Waals surface area contributed by atoms with Crippen LogP contribution >= 0.6 is 23.2 Å². The van der Waals surface area contributed by atoms with E-state index < -0.39 is 40.9 Å². The molecule has 1 aromatic carbocycles. The summed E-state index contributed by atoms with van der Waals surface area (Å²) < 4.78 is 42.2. The van der Waals surface area contributed by atoms with Gasteiger partial charge >= 0.3 is 6.18 Å². The molecule has 1 fully saturated rings. The quantitative estimate of drug-likeness (QED) is 0.223. The van der Waals surface area contributed by atoms with Gasteiger partial charge in [0.05, 0.1) is 33.6 Å². The fourth-order valence-corrected chi connectivity index (χ4v) is 6.37. The number of hydrogen-bond acceptors (Lipinski definition) is 10. The number of rotatable bonds is 7. The van der Waals surface area contributed by atoms with Gasteiger partial charge in [-0.1, -0.05) is 30.1 Å². The van der Waals surface area contributed by atoms with Crippen LogP contribution in [0.1, 0.15) is 47.1 Å². The average Bonchev–Trinajstić information content (AvgIpc) is 3.63. The van der Waals surface area contributed by atoms with E-state index in [1.54, 1.807) is 9.47 Å². The van der Waals surface area contributed by atoms with E-state index in [2.05, 4.69) is 25.7 Å². The molecule has 48 heavy (non-hydrogen) atoms. The minimum Gasteiger partial charge on any atom is -0.504 e. The number of nitrogens with one attached hydrogen (secondary N) is 2. The van der Waals surface area contributed by atoms with Crippen molar-refractivity contribution >= 4 is 58.1 Å². The molecule has 5 heterocycles. The van der Waals surface area contributed by atoms with Gasteiger partial charge in [0.25, 0.3) is 11.5 Å². The van der Waals surface area contributed by atoms with Crippen LogP contribution in [0.25, 0.3) is 5.78 Å². The maximum Gasteiger partial charge on any atom is 0.416 e. The first-order chi connectivity index (χ1) is 22.8. The van der Waals surface area contributed by atoms with E-state index in [1.165, 1.54) is 17.2 Å².